The van der Waals surface area contributed by atoms with E-state index >= 15 is 0 Å². The minimum absolute atomic E-state index is 0.120. The Morgan fingerprint density at radius 1 is 1.19 bits per heavy atom. The van der Waals surface area contributed by atoms with Gasteiger partial charge >= 0.3 is 5.97 Å². The molecule has 0 unspecified atom stereocenters. The number of hydrogen-bond donors (Lipinski definition) is 4. The molecule has 2 aromatic heterocycles. The van der Waals surface area contributed by atoms with E-state index in [-0.39, 0.29) is 36.1 Å². The van der Waals surface area contributed by atoms with Gasteiger partial charge in [0.15, 0.2) is 11.4 Å². The number of hydroxylamine groups is 3. The fraction of sp³-hybridized carbons (Fsp3) is 0.120. The first-order valence-corrected chi connectivity index (χ1v) is 11.0. The lowest BCUT2D eigenvalue weighted by Crippen LogP contribution is -2.28. The molecule has 1 aromatic carbocycles. The van der Waals surface area contributed by atoms with Gasteiger partial charge in [-0.3, -0.25) is 14.4 Å². The molecule has 0 bridgehead atoms. The van der Waals surface area contributed by atoms with Gasteiger partial charge in [-0.05, 0) is 29.4 Å². The monoisotopic (exact) mass is 487 g/mol. The first-order chi connectivity index (χ1) is 17.4. The summed E-state index contributed by atoms with van der Waals surface area (Å²) in [6.07, 6.45) is 7.84. The van der Waals surface area contributed by atoms with Gasteiger partial charge in [-0.1, -0.05) is 30.3 Å². The van der Waals surface area contributed by atoms with E-state index in [1.807, 2.05) is 30.3 Å². The molecule has 5 rings (SSSR count). The molecule has 0 fully saturated rings. The van der Waals surface area contributed by atoms with E-state index in [2.05, 4.69) is 15.8 Å². The number of nitrogens with one attached hydrogen (secondary N) is 2. The summed E-state index contributed by atoms with van der Waals surface area (Å²) >= 11 is 0. The van der Waals surface area contributed by atoms with Gasteiger partial charge in [0, 0.05) is 23.7 Å². The number of hydrogen-bond acceptors (Lipinski definition) is 8. The Balaban J connectivity index is 1.64. The fourth-order valence-corrected chi connectivity index (χ4v) is 3.99. The fourth-order valence-electron chi connectivity index (χ4n) is 3.99. The largest absolute Gasteiger partial charge is 0.505 e. The first-order valence-electron chi connectivity index (χ1n) is 11.0. The highest BCUT2D eigenvalue weighted by atomic mass is 16.8. The third kappa shape index (κ3) is 4.30. The molecule has 36 heavy (non-hydrogen) atoms. The number of carbonyl (C=O) groups is 2. The van der Waals surface area contributed by atoms with Gasteiger partial charge in [0.05, 0.1) is 36.6 Å². The Kier molecular flexibility index (Phi) is 5.97. The molecule has 182 valence electrons. The highest BCUT2D eigenvalue weighted by Crippen LogP contribution is 2.31. The molecule has 11 heteroatoms. The third-order valence-corrected chi connectivity index (χ3v) is 5.77. The number of fused-ring (bicyclic) bond motifs is 2. The summed E-state index contributed by atoms with van der Waals surface area (Å²) in [5.41, 5.74) is 4.85. The van der Waals surface area contributed by atoms with Crippen molar-refractivity contribution in [1.82, 2.24) is 25.4 Å². The number of nitrogens with zero attached hydrogens (tertiary/aromatic N) is 3. The molecule has 0 radical (unpaired) electrons. The molecule has 0 saturated heterocycles. The predicted octanol–water partition coefficient (Wildman–Crippen LogP) is 1.86. The molecule has 1 amide bonds. The van der Waals surface area contributed by atoms with E-state index in [0.29, 0.717) is 22.4 Å². The Morgan fingerprint density at radius 3 is 2.78 bits per heavy atom. The van der Waals surface area contributed by atoms with Crippen molar-refractivity contribution in [3.63, 3.8) is 0 Å². The number of aromatic nitrogens is 2. The molecule has 11 nitrogen and oxygen atoms in total. The van der Waals surface area contributed by atoms with Gasteiger partial charge in [-0.15, -0.1) is 0 Å². The SMILES string of the molecule is O=C(O)CCNC(=O)c1ncc2c(cc(C3=CC4=CNON4C=C3)c(=O)n2Cc2ccccc2)c1O. The van der Waals surface area contributed by atoms with Crippen LogP contribution >= 0.6 is 0 Å². The van der Waals surface area contributed by atoms with E-state index in [9.17, 15) is 19.5 Å². The molecule has 4 heterocycles. The second kappa shape index (κ2) is 9.39. The Hall–Kier alpha value is -4.90. The molecule has 3 aromatic rings. The van der Waals surface area contributed by atoms with E-state index in [1.165, 1.54) is 21.9 Å². The third-order valence-electron chi connectivity index (χ3n) is 5.77. The van der Waals surface area contributed by atoms with Crippen molar-refractivity contribution in [3.8, 4) is 5.75 Å². The number of carbonyl (C=O) groups excluding carboxylic acids is 1. The highest BCUT2D eigenvalue weighted by Gasteiger charge is 2.23. The van der Waals surface area contributed by atoms with Crippen LogP contribution in [0.2, 0.25) is 0 Å². The van der Waals surface area contributed by atoms with Crippen LogP contribution in [-0.4, -0.2) is 43.2 Å². The van der Waals surface area contributed by atoms with Gasteiger partial charge in [0.25, 0.3) is 11.5 Å². The van der Waals surface area contributed by atoms with Crippen LogP contribution in [0.1, 0.15) is 28.0 Å². The number of rotatable bonds is 7. The average Bonchev–Trinajstić information content (AvgIpc) is 3.34. The Morgan fingerprint density at radius 2 is 2.00 bits per heavy atom. The van der Waals surface area contributed by atoms with Crippen molar-refractivity contribution in [3.05, 3.63) is 100 Å². The van der Waals surface area contributed by atoms with E-state index in [0.717, 1.165) is 5.56 Å². The standard InChI is InChI=1S/C25H21N5O6/c31-21(32)6-8-26-24(34)22-23(33)19-11-18(16-7-9-30-17(10-16)12-28-36-30)25(35)29(20(19)13-27-22)14-15-4-2-1-3-5-15/h1-5,7,9-13,28,33H,6,8,14H2,(H,26,34)(H,31,32). The number of aliphatic carboxylic acids is 1. The number of pyridine rings is 2. The van der Waals surface area contributed by atoms with Crippen LogP contribution < -0.4 is 16.4 Å². The van der Waals surface area contributed by atoms with Crippen molar-refractivity contribution in [1.29, 1.82) is 0 Å². The van der Waals surface area contributed by atoms with Gasteiger partial charge in [-0.25, -0.2) is 15.5 Å². The van der Waals surface area contributed by atoms with Crippen LogP contribution in [-0.2, 0) is 16.3 Å². The topological polar surface area (TPSA) is 146 Å². The molecule has 0 spiro atoms. The lowest BCUT2D eigenvalue weighted by atomic mass is 10.0. The van der Waals surface area contributed by atoms with Crippen molar-refractivity contribution < 1.29 is 24.7 Å². The normalized spacial score (nSPS) is 14.2. The summed E-state index contributed by atoms with van der Waals surface area (Å²) in [4.78, 5) is 46.3. The van der Waals surface area contributed by atoms with Crippen LogP contribution in [0.4, 0.5) is 0 Å². The van der Waals surface area contributed by atoms with Crippen molar-refractivity contribution in [2.45, 2.75) is 13.0 Å². The summed E-state index contributed by atoms with van der Waals surface area (Å²) in [6.45, 7) is 0.0945. The molecule has 0 saturated carbocycles. The van der Waals surface area contributed by atoms with Crippen molar-refractivity contribution in [2.75, 3.05) is 6.54 Å². The number of allylic oxidation sites excluding steroid dienone is 3. The Labute approximate surface area is 204 Å². The van der Waals surface area contributed by atoms with Gasteiger partial charge in [0.1, 0.15) is 0 Å². The van der Waals surface area contributed by atoms with Crippen LogP contribution in [0.25, 0.3) is 16.5 Å². The van der Waals surface area contributed by atoms with Crippen LogP contribution in [0.3, 0.4) is 0 Å². The van der Waals surface area contributed by atoms with E-state index in [4.69, 9.17) is 10.0 Å². The van der Waals surface area contributed by atoms with Gasteiger partial charge in [-0.2, -0.15) is 4.94 Å². The number of carboxylic acids is 1. The summed E-state index contributed by atoms with van der Waals surface area (Å²) in [6, 6.07) is 10.9. The zero-order chi connectivity index (χ0) is 25.2. The molecular weight excluding hydrogens is 466 g/mol. The second-order valence-corrected chi connectivity index (χ2v) is 8.11. The molecule has 0 atom stereocenters. The highest BCUT2D eigenvalue weighted by molar-refractivity contribution is 6.01. The smallest absolute Gasteiger partial charge is 0.305 e. The maximum Gasteiger partial charge on any atom is 0.305 e. The lowest BCUT2D eigenvalue weighted by molar-refractivity contribution is -0.136. The van der Waals surface area contributed by atoms with E-state index in [1.54, 1.807) is 24.6 Å². The summed E-state index contributed by atoms with van der Waals surface area (Å²) in [5.74, 6) is -2.19. The number of aromatic hydroxyl groups is 1. The van der Waals surface area contributed by atoms with Crippen molar-refractivity contribution >= 4 is 28.4 Å². The number of amides is 1. The molecule has 2 aliphatic heterocycles. The van der Waals surface area contributed by atoms with Crippen LogP contribution in [0, 0.1) is 0 Å². The number of benzene rings is 1. The predicted molar refractivity (Wildman–Crippen MR) is 129 cm³/mol. The quantitative estimate of drug-likeness (QED) is 0.392. The van der Waals surface area contributed by atoms with Crippen LogP contribution in [0.5, 0.6) is 5.75 Å². The summed E-state index contributed by atoms with van der Waals surface area (Å²) in [7, 11) is 0. The molecular formula is C25H21N5O6. The molecule has 0 aliphatic carbocycles. The summed E-state index contributed by atoms with van der Waals surface area (Å²) < 4.78 is 1.50. The minimum Gasteiger partial charge on any atom is -0.505 e. The maximum atomic E-state index is 13.7. The van der Waals surface area contributed by atoms with Gasteiger partial charge in [0.2, 0.25) is 0 Å². The zero-order valence-electron chi connectivity index (χ0n) is 18.8. The maximum absolute atomic E-state index is 13.7. The zero-order valence-corrected chi connectivity index (χ0v) is 18.8. The second-order valence-electron chi connectivity index (χ2n) is 8.11. The number of carboxylic acid groups (broad SMARTS) is 1. The van der Waals surface area contributed by atoms with E-state index < -0.39 is 17.6 Å². The molecule has 4 N–H and O–H groups in total. The van der Waals surface area contributed by atoms with Crippen LogP contribution in [0.15, 0.2) is 77.6 Å². The van der Waals surface area contributed by atoms with Gasteiger partial charge < -0.3 is 20.1 Å². The Bertz CT molecular complexity index is 1520. The minimum atomic E-state index is -1.06. The van der Waals surface area contributed by atoms with Crippen molar-refractivity contribution in [2.24, 2.45) is 0 Å². The first kappa shape index (κ1) is 22.9. The molecule has 2 aliphatic rings. The lowest BCUT2D eigenvalue weighted by Gasteiger charge is -2.19. The average molecular weight is 487 g/mol. The summed E-state index contributed by atoms with van der Waals surface area (Å²) in [5, 5.41) is 24.0.